The first-order valence-electron chi connectivity index (χ1n) is 5.40. The van der Waals surface area contributed by atoms with Gasteiger partial charge in [0.1, 0.15) is 0 Å². The molecule has 0 fully saturated rings. The Morgan fingerprint density at radius 3 is 2.47 bits per heavy atom. The zero-order valence-corrected chi connectivity index (χ0v) is 9.54. The summed E-state index contributed by atoms with van der Waals surface area (Å²) in [4.78, 5) is 0. The number of rotatable bonds is 4. The molecular formula is C12H16F3NO. The molecule has 0 aliphatic heterocycles. The summed E-state index contributed by atoms with van der Waals surface area (Å²) in [6.07, 6.45) is -4.57. The van der Waals surface area contributed by atoms with Crippen molar-refractivity contribution in [2.24, 2.45) is 5.73 Å². The van der Waals surface area contributed by atoms with Crippen LogP contribution in [0, 0.1) is 0 Å². The van der Waals surface area contributed by atoms with Crippen molar-refractivity contribution >= 4 is 0 Å². The average molecular weight is 247 g/mol. The third-order valence-corrected chi connectivity index (χ3v) is 2.60. The van der Waals surface area contributed by atoms with Gasteiger partial charge < -0.3 is 10.8 Å². The molecule has 1 aromatic rings. The molecule has 1 rings (SSSR count). The van der Waals surface area contributed by atoms with E-state index in [1.54, 1.807) is 13.0 Å². The topological polar surface area (TPSA) is 46.2 Å². The fraction of sp³-hybridized carbons (Fsp3) is 0.500. The number of aliphatic hydroxyl groups is 1. The van der Waals surface area contributed by atoms with Crippen LogP contribution in [0.25, 0.3) is 0 Å². The highest BCUT2D eigenvalue weighted by atomic mass is 19.4. The van der Waals surface area contributed by atoms with Crippen molar-refractivity contribution in [1.82, 2.24) is 0 Å². The fourth-order valence-corrected chi connectivity index (χ4v) is 1.75. The zero-order valence-electron chi connectivity index (χ0n) is 9.54. The lowest BCUT2D eigenvalue weighted by Gasteiger charge is -2.18. The number of hydrogen-bond donors (Lipinski definition) is 2. The molecular weight excluding hydrogens is 231 g/mol. The maximum Gasteiger partial charge on any atom is 0.416 e. The normalized spacial score (nSPS) is 15.6. The SMILES string of the molecule is CC(O)CC(CN)c1cccc(C(F)(F)F)c1. The lowest BCUT2D eigenvalue weighted by Crippen LogP contribution is -2.18. The van der Waals surface area contributed by atoms with Gasteiger partial charge in [0.25, 0.3) is 0 Å². The molecule has 3 N–H and O–H groups in total. The highest BCUT2D eigenvalue weighted by Gasteiger charge is 2.30. The number of alkyl halides is 3. The molecule has 0 radical (unpaired) electrons. The van der Waals surface area contributed by atoms with Crippen LogP contribution in [0.5, 0.6) is 0 Å². The Balaban J connectivity index is 2.97. The summed E-state index contributed by atoms with van der Waals surface area (Å²) >= 11 is 0. The van der Waals surface area contributed by atoms with Crippen molar-refractivity contribution in [2.75, 3.05) is 6.54 Å². The summed E-state index contributed by atoms with van der Waals surface area (Å²) in [6, 6.07) is 5.09. The van der Waals surface area contributed by atoms with E-state index in [-0.39, 0.29) is 12.5 Å². The monoisotopic (exact) mass is 247 g/mol. The van der Waals surface area contributed by atoms with Crippen LogP contribution in [-0.4, -0.2) is 17.8 Å². The Labute approximate surface area is 98.3 Å². The van der Waals surface area contributed by atoms with Gasteiger partial charge in [-0.15, -0.1) is 0 Å². The summed E-state index contributed by atoms with van der Waals surface area (Å²) in [6.45, 7) is 1.81. The van der Waals surface area contributed by atoms with Crippen molar-refractivity contribution < 1.29 is 18.3 Å². The van der Waals surface area contributed by atoms with E-state index in [2.05, 4.69) is 0 Å². The van der Waals surface area contributed by atoms with Gasteiger partial charge in [-0.2, -0.15) is 13.2 Å². The van der Waals surface area contributed by atoms with Gasteiger partial charge in [0.15, 0.2) is 0 Å². The second-order valence-corrected chi connectivity index (χ2v) is 4.14. The first-order valence-corrected chi connectivity index (χ1v) is 5.40. The maximum atomic E-state index is 12.5. The van der Waals surface area contributed by atoms with Crippen molar-refractivity contribution in [3.05, 3.63) is 35.4 Å². The molecule has 0 spiro atoms. The predicted molar refractivity (Wildman–Crippen MR) is 59.5 cm³/mol. The molecule has 96 valence electrons. The molecule has 0 saturated carbocycles. The van der Waals surface area contributed by atoms with Gasteiger partial charge >= 0.3 is 6.18 Å². The third-order valence-electron chi connectivity index (χ3n) is 2.60. The van der Waals surface area contributed by atoms with Gasteiger partial charge in [-0.3, -0.25) is 0 Å². The van der Waals surface area contributed by atoms with E-state index >= 15 is 0 Å². The van der Waals surface area contributed by atoms with Gasteiger partial charge in [-0.05, 0) is 37.4 Å². The van der Waals surface area contributed by atoms with Crippen molar-refractivity contribution in [3.63, 3.8) is 0 Å². The van der Waals surface area contributed by atoms with Gasteiger partial charge in [-0.1, -0.05) is 18.2 Å². The van der Waals surface area contributed by atoms with E-state index in [0.29, 0.717) is 12.0 Å². The van der Waals surface area contributed by atoms with E-state index < -0.39 is 17.8 Å². The van der Waals surface area contributed by atoms with E-state index in [0.717, 1.165) is 12.1 Å². The van der Waals surface area contributed by atoms with Crippen LogP contribution in [0.1, 0.15) is 30.4 Å². The Morgan fingerprint density at radius 1 is 1.35 bits per heavy atom. The number of nitrogens with two attached hydrogens (primary N) is 1. The fourth-order valence-electron chi connectivity index (χ4n) is 1.75. The van der Waals surface area contributed by atoms with Crippen molar-refractivity contribution in [3.8, 4) is 0 Å². The summed E-state index contributed by atoms with van der Waals surface area (Å²) in [7, 11) is 0. The molecule has 2 atom stereocenters. The van der Waals surface area contributed by atoms with E-state index in [4.69, 9.17) is 5.73 Å². The number of aliphatic hydroxyl groups excluding tert-OH is 1. The molecule has 0 aromatic heterocycles. The first-order chi connectivity index (χ1) is 7.84. The molecule has 2 nitrogen and oxygen atoms in total. The molecule has 0 aliphatic rings. The third kappa shape index (κ3) is 4.02. The Morgan fingerprint density at radius 2 is 2.00 bits per heavy atom. The summed E-state index contributed by atoms with van der Waals surface area (Å²) in [5.41, 5.74) is 5.36. The maximum absolute atomic E-state index is 12.5. The number of benzene rings is 1. The quantitative estimate of drug-likeness (QED) is 0.858. The van der Waals surface area contributed by atoms with Crippen LogP contribution in [0.2, 0.25) is 0 Å². The molecule has 2 unspecified atom stereocenters. The van der Waals surface area contributed by atoms with E-state index in [1.165, 1.54) is 6.07 Å². The Hall–Kier alpha value is -1.07. The second kappa shape index (κ2) is 5.51. The van der Waals surface area contributed by atoms with Gasteiger partial charge in [0.05, 0.1) is 11.7 Å². The van der Waals surface area contributed by atoms with Crippen molar-refractivity contribution in [2.45, 2.75) is 31.5 Å². The summed E-state index contributed by atoms with van der Waals surface area (Å²) in [5, 5.41) is 9.27. The zero-order chi connectivity index (χ0) is 13.1. The first kappa shape index (κ1) is 14.0. The summed E-state index contributed by atoms with van der Waals surface area (Å²) < 4.78 is 37.6. The standard InChI is InChI=1S/C12H16F3NO/c1-8(17)5-10(7-16)9-3-2-4-11(6-9)12(13,14)15/h2-4,6,8,10,17H,5,7,16H2,1H3. The van der Waals surface area contributed by atoms with Crippen molar-refractivity contribution in [1.29, 1.82) is 0 Å². The van der Waals surface area contributed by atoms with Gasteiger partial charge in [0, 0.05) is 0 Å². The van der Waals surface area contributed by atoms with Gasteiger partial charge in [-0.25, -0.2) is 0 Å². The van der Waals surface area contributed by atoms with Crippen LogP contribution >= 0.6 is 0 Å². The van der Waals surface area contributed by atoms with Crippen LogP contribution < -0.4 is 5.73 Å². The predicted octanol–water partition coefficient (Wildman–Crippen LogP) is 2.52. The van der Waals surface area contributed by atoms with Crippen LogP contribution in [-0.2, 0) is 6.18 Å². The minimum absolute atomic E-state index is 0.214. The lowest BCUT2D eigenvalue weighted by atomic mass is 9.92. The van der Waals surface area contributed by atoms with Gasteiger partial charge in [0.2, 0.25) is 0 Å². The molecule has 1 aromatic carbocycles. The molecule has 0 heterocycles. The van der Waals surface area contributed by atoms with E-state index in [1.807, 2.05) is 0 Å². The average Bonchev–Trinajstić information content (AvgIpc) is 2.24. The molecule has 17 heavy (non-hydrogen) atoms. The Kier molecular flexibility index (Phi) is 4.54. The Bertz CT molecular complexity index is 363. The van der Waals surface area contributed by atoms with Crippen LogP contribution in [0.15, 0.2) is 24.3 Å². The van der Waals surface area contributed by atoms with Crippen LogP contribution in [0.3, 0.4) is 0 Å². The number of hydrogen-bond acceptors (Lipinski definition) is 2. The lowest BCUT2D eigenvalue weighted by molar-refractivity contribution is -0.137. The minimum Gasteiger partial charge on any atom is -0.393 e. The largest absolute Gasteiger partial charge is 0.416 e. The molecule has 5 heteroatoms. The molecule has 0 aliphatic carbocycles. The molecule has 0 bridgehead atoms. The van der Waals surface area contributed by atoms with Crippen LogP contribution in [0.4, 0.5) is 13.2 Å². The molecule has 0 saturated heterocycles. The minimum atomic E-state index is -4.35. The van der Waals surface area contributed by atoms with E-state index in [9.17, 15) is 18.3 Å². The summed E-state index contributed by atoms with van der Waals surface area (Å²) in [5.74, 6) is -0.253. The smallest absolute Gasteiger partial charge is 0.393 e. The molecule has 0 amide bonds. The highest BCUT2D eigenvalue weighted by molar-refractivity contribution is 5.28. The number of halogens is 3. The second-order valence-electron chi connectivity index (χ2n) is 4.14. The highest BCUT2D eigenvalue weighted by Crippen LogP contribution is 2.31.